The fraction of sp³-hybridized carbons (Fsp3) is 0.762. The molecule has 15 nitrogen and oxygen atoms in total. The van der Waals surface area contributed by atoms with Crippen LogP contribution < -0.4 is 10.2 Å². The number of hydrogen-bond donors (Lipinski definition) is 2. The molecule has 0 aromatic carbocycles. The van der Waals surface area contributed by atoms with Crippen LogP contribution in [0.25, 0.3) is 0 Å². The van der Waals surface area contributed by atoms with Gasteiger partial charge in [0, 0.05) is 79.1 Å². The van der Waals surface area contributed by atoms with Gasteiger partial charge in [0.25, 0.3) is 0 Å². The molecule has 0 aromatic heterocycles. The number of carbonyl (C=O) groups is 5. The van der Waals surface area contributed by atoms with E-state index in [4.69, 9.17) is 9.84 Å². The van der Waals surface area contributed by atoms with E-state index in [-0.39, 0.29) is 125 Å². The van der Waals surface area contributed by atoms with E-state index in [1.54, 1.807) is 19.6 Å². The van der Waals surface area contributed by atoms with Crippen molar-refractivity contribution < 1.29 is 89.1 Å². The van der Waals surface area contributed by atoms with E-state index in [0.717, 1.165) is 4.90 Å². The summed E-state index contributed by atoms with van der Waals surface area (Å²) in [5.41, 5.74) is 0. The summed E-state index contributed by atoms with van der Waals surface area (Å²) in [7, 11) is 1.43. The summed E-state index contributed by atoms with van der Waals surface area (Å²) in [6, 6.07) is 0. The van der Waals surface area contributed by atoms with Crippen molar-refractivity contribution in [2.24, 2.45) is 0 Å². The Balaban J connectivity index is 0.0000130. The van der Waals surface area contributed by atoms with Crippen LogP contribution in [0.1, 0.15) is 0 Å². The first kappa shape index (κ1) is 35.5. The van der Waals surface area contributed by atoms with Gasteiger partial charge in [-0.1, -0.05) is 0 Å². The van der Waals surface area contributed by atoms with Gasteiger partial charge in [0.2, 0.25) is 5.91 Å². The van der Waals surface area contributed by atoms with Gasteiger partial charge in [0.15, 0.2) is 0 Å². The van der Waals surface area contributed by atoms with Gasteiger partial charge >= 0.3 is 51.9 Å². The third kappa shape index (κ3) is 16.8. The topological polar surface area (TPSA) is 197 Å². The summed E-state index contributed by atoms with van der Waals surface area (Å²) in [5.74, 6) is -5.32. The molecule has 1 saturated heterocycles. The van der Waals surface area contributed by atoms with Gasteiger partial charge in [0.05, 0.1) is 31.6 Å². The number of rotatable bonds is 13. The molecule has 0 aromatic rings. The number of amides is 1. The van der Waals surface area contributed by atoms with Gasteiger partial charge in [-0.2, -0.15) is 0 Å². The Hall–Kier alpha value is -1.53. The van der Waals surface area contributed by atoms with E-state index in [1.165, 1.54) is 7.11 Å². The van der Waals surface area contributed by atoms with Crippen LogP contribution in [0.15, 0.2) is 0 Å². The number of aliphatic carboxylic acids is 4. The molecule has 0 atom stereocenters. The molecule has 1 heterocycles. The van der Waals surface area contributed by atoms with Crippen molar-refractivity contribution in [2.75, 3.05) is 105 Å². The minimum Gasteiger partial charge on any atom is -0.549 e. The van der Waals surface area contributed by atoms with Gasteiger partial charge in [-0.25, -0.2) is 0 Å². The second-order valence-electron chi connectivity index (χ2n) is 8.44. The molecular formula is C21H35GdN5O10+. The number of nitrogens with zero attached hydrogens (tertiary/aromatic N) is 5. The van der Waals surface area contributed by atoms with E-state index in [1.807, 2.05) is 0 Å². The molecule has 0 aliphatic carbocycles. The normalized spacial score (nSPS) is 17.1. The first-order valence-electron chi connectivity index (χ1n) is 11.5. The first-order valence-corrected chi connectivity index (χ1v) is 11.5. The van der Waals surface area contributed by atoms with E-state index in [9.17, 15) is 39.3 Å². The maximum atomic E-state index is 12.9. The Morgan fingerprint density at radius 3 is 1.41 bits per heavy atom. The Morgan fingerprint density at radius 1 is 0.703 bits per heavy atom. The van der Waals surface area contributed by atoms with Crippen LogP contribution in [-0.4, -0.2) is 170 Å². The fourth-order valence-corrected chi connectivity index (χ4v) is 3.72. The molecule has 37 heavy (non-hydrogen) atoms. The van der Waals surface area contributed by atoms with Crippen LogP contribution in [0.2, 0.25) is 0 Å². The Labute approximate surface area is 247 Å². The zero-order valence-corrected chi connectivity index (χ0v) is 23.1. The van der Waals surface area contributed by atoms with Crippen LogP contribution in [0.3, 0.4) is 0 Å². The number of ether oxygens (including phenoxy) is 1. The minimum absolute atomic E-state index is 0. The van der Waals surface area contributed by atoms with Crippen molar-refractivity contribution >= 4 is 29.8 Å². The molecular weight excluding hydrogens is 640 g/mol. The maximum absolute atomic E-state index is 12.9. The molecule has 0 unspecified atom stereocenters. The van der Waals surface area contributed by atoms with Crippen LogP contribution in [0.4, 0.5) is 0 Å². The SMILES string of the molecule is COCCN(CC(=O)O)C(=O)CN1CCN(CC(=O)[O-])CCN(CC(=O)[O-])CCN(CC(=O)O)CC1.[Gd+3]. The van der Waals surface area contributed by atoms with E-state index >= 15 is 0 Å². The molecule has 0 spiro atoms. The van der Waals surface area contributed by atoms with Gasteiger partial charge < -0.3 is 39.7 Å². The molecule has 16 heteroatoms. The Bertz CT molecular complexity index is 727. The summed E-state index contributed by atoms with van der Waals surface area (Å²) in [6.07, 6.45) is 0. The van der Waals surface area contributed by atoms with Gasteiger partial charge in [-0.05, 0) is 0 Å². The largest absolute Gasteiger partial charge is 3.00 e. The number of hydrogen-bond acceptors (Lipinski definition) is 12. The van der Waals surface area contributed by atoms with Crippen molar-refractivity contribution in [3.63, 3.8) is 0 Å². The predicted octanol–water partition coefficient (Wildman–Crippen LogP) is -5.65. The van der Waals surface area contributed by atoms with Crippen LogP contribution >= 0.6 is 0 Å². The second kappa shape index (κ2) is 19.5. The Morgan fingerprint density at radius 2 is 1.08 bits per heavy atom. The van der Waals surface area contributed by atoms with Crippen LogP contribution in [0.5, 0.6) is 0 Å². The van der Waals surface area contributed by atoms with Crippen molar-refractivity contribution in [3.05, 3.63) is 0 Å². The molecule has 0 saturated carbocycles. The summed E-state index contributed by atoms with van der Waals surface area (Å²) in [6.45, 7) is 0.208. The third-order valence-electron chi connectivity index (χ3n) is 5.60. The molecule has 1 fully saturated rings. The molecule has 0 bridgehead atoms. The van der Waals surface area contributed by atoms with E-state index in [2.05, 4.69) is 0 Å². The van der Waals surface area contributed by atoms with E-state index in [0.29, 0.717) is 0 Å². The number of carbonyl (C=O) groups excluding carboxylic acids is 3. The van der Waals surface area contributed by atoms with Gasteiger partial charge in [0.1, 0.15) is 6.54 Å². The van der Waals surface area contributed by atoms with Crippen molar-refractivity contribution in [2.45, 2.75) is 0 Å². The average Bonchev–Trinajstić information content (AvgIpc) is 2.76. The first-order chi connectivity index (χ1) is 17.0. The molecule has 1 rings (SSSR count). The zero-order valence-electron chi connectivity index (χ0n) is 20.9. The molecule has 211 valence electrons. The standard InChI is InChI=1S/C21H37N5O10.Gd/c1-36-11-10-26(16-21(34)35)17(27)12-22-2-4-23(13-18(28)29)6-8-25(15-20(32)33)9-7-24(5-3-22)14-19(30)31;/h2-16H2,1H3,(H,28,29)(H,30,31)(H,32,33)(H,34,35);/q;+3/p-2. The third-order valence-corrected chi connectivity index (χ3v) is 5.60. The molecule has 1 amide bonds. The summed E-state index contributed by atoms with van der Waals surface area (Å²) < 4.78 is 4.95. The van der Waals surface area contributed by atoms with Gasteiger partial charge in [-0.15, -0.1) is 0 Å². The molecule has 1 aliphatic rings. The predicted molar refractivity (Wildman–Crippen MR) is 120 cm³/mol. The smallest absolute Gasteiger partial charge is 0.549 e. The average molecular weight is 675 g/mol. The van der Waals surface area contributed by atoms with Crippen molar-refractivity contribution in [3.8, 4) is 0 Å². The Kier molecular flexibility index (Phi) is 18.7. The van der Waals surface area contributed by atoms with Gasteiger partial charge in [-0.3, -0.25) is 34.0 Å². The molecule has 1 radical (unpaired) electrons. The van der Waals surface area contributed by atoms with E-state index < -0.39 is 42.9 Å². The van der Waals surface area contributed by atoms with Crippen LogP contribution in [0, 0.1) is 39.9 Å². The summed E-state index contributed by atoms with van der Waals surface area (Å²) in [4.78, 5) is 65.3. The number of carboxylic acids is 4. The molecule has 1 aliphatic heterocycles. The minimum atomic E-state index is -1.31. The summed E-state index contributed by atoms with van der Waals surface area (Å²) >= 11 is 0. The van der Waals surface area contributed by atoms with Crippen molar-refractivity contribution in [1.29, 1.82) is 0 Å². The monoisotopic (exact) mass is 675 g/mol. The number of methoxy groups -OCH3 is 1. The molecule has 2 N–H and O–H groups in total. The number of carboxylic acid groups (broad SMARTS) is 4. The zero-order chi connectivity index (χ0) is 27.1. The maximum Gasteiger partial charge on any atom is 3.00 e. The fourth-order valence-electron chi connectivity index (χ4n) is 3.72. The van der Waals surface area contributed by atoms with Crippen molar-refractivity contribution in [1.82, 2.24) is 24.5 Å². The second-order valence-corrected chi connectivity index (χ2v) is 8.44. The van der Waals surface area contributed by atoms with Crippen LogP contribution in [-0.2, 0) is 28.7 Å². The quantitative estimate of drug-likeness (QED) is 0.188. The summed E-state index contributed by atoms with van der Waals surface area (Å²) in [5, 5.41) is 40.8.